The summed E-state index contributed by atoms with van der Waals surface area (Å²) in [6, 6.07) is 3.48. The molecule has 9 heteroatoms. The Morgan fingerprint density at radius 2 is 2.13 bits per heavy atom. The number of likely N-dealkylation sites (N-methyl/N-ethyl adjacent to an activating group) is 1. The van der Waals surface area contributed by atoms with Crippen LogP contribution in [0.15, 0.2) is 24.5 Å². The summed E-state index contributed by atoms with van der Waals surface area (Å²) in [6.07, 6.45) is 3.47. The van der Waals surface area contributed by atoms with E-state index in [1.54, 1.807) is 27.9 Å². The Bertz CT molecular complexity index is 656. The number of carbonyl (C=O) groups is 1. The lowest BCUT2D eigenvalue weighted by atomic mass is 10.1. The standard InChI is InChI=1S/C14H19N7O2/c1-19(2)11-8-20(9-12(11)21-7-6-15-18-21)14(22)10-4-5-13(23-3)17-16-10/h4-7,11-12H,8-9H2,1-3H3/t11-,12+/m1/s1. The minimum absolute atomic E-state index is 0.0580. The third-order valence-electron chi connectivity index (χ3n) is 4.06. The summed E-state index contributed by atoms with van der Waals surface area (Å²) in [5, 5.41) is 15.7. The Hall–Kier alpha value is -2.55. The highest BCUT2D eigenvalue weighted by atomic mass is 16.5. The van der Waals surface area contributed by atoms with Gasteiger partial charge in [0.15, 0.2) is 5.69 Å². The Balaban J connectivity index is 1.79. The highest BCUT2D eigenvalue weighted by Gasteiger charge is 2.38. The number of amides is 1. The number of rotatable bonds is 4. The van der Waals surface area contributed by atoms with Crippen LogP contribution >= 0.6 is 0 Å². The fraction of sp³-hybridized carbons (Fsp3) is 0.500. The van der Waals surface area contributed by atoms with E-state index in [2.05, 4.69) is 25.4 Å². The molecule has 1 fully saturated rings. The van der Waals surface area contributed by atoms with Crippen LogP contribution in [-0.2, 0) is 0 Å². The lowest BCUT2D eigenvalue weighted by Gasteiger charge is -2.24. The van der Waals surface area contributed by atoms with Crippen LogP contribution in [-0.4, -0.2) is 81.2 Å². The van der Waals surface area contributed by atoms with E-state index in [1.807, 2.05) is 20.3 Å². The molecule has 0 aliphatic carbocycles. The molecule has 0 bridgehead atoms. The first kappa shape index (κ1) is 15.3. The summed E-state index contributed by atoms with van der Waals surface area (Å²) >= 11 is 0. The second kappa shape index (κ2) is 6.29. The molecule has 1 saturated heterocycles. The van der Waals surface area contributed by atoms with Crippen molar-refractivity contribution in [2.45, 2.75) is 12.1 Å². The molecule has 122 valence electrons. The molecule has 0 aromatic carbocycles. The van der Waals surface area contributed by atoms with Gasteiger partial charge in [-0.1, -0.05) is 5.21 Å². The lowest BCUT2D eigenvalue weighted by Crippen LogP contribution is -2.37. The predicted octanol–water partition coefficient (Wildman–Crippen LogP) is -0.296. The molecular weight excluding hydrogens is 298 g/mol. The minimum atomic E-state index is -0.144. The molecule has 2 aromatic rings. The number of hydrogen-bond donors (Lipinski definition) is 0. The second-order valence-corrected chi connectivity index (χ2v) is 5.65. The first-order valence-electron chi connectivity index (χ1n) is 7.29. The molecule has 0 saturated carbocycles. The fourth-order valence-electron chi connectivity index (χ4n) is 2.80. The van der Waals surface area contributed by atoms with E-state index in [1.165, 1.54) is 7.11 Å². The highest BCUT2D eigenvalue weighted by molar-refractivity contribution is 5.92. The van der Waals surface area contributed by atoms with Crippen LogP contribution < -0.4 is 4.74 Å². The number of likely N-dealkylation sites (tertiary alicyclic amines) is 1. The molecule has 3 heterocycles. The van der Waals surface area contributed by atoms with Crippen molar-refractivity contribution in [1.82, 2.24) is 35.0 Å². The molecule has 9 nitrogen and oxygen atoms in total. The van der Waals surface area contributed by atoms with Gasteiger partial charge >= 0.3 is 0 Å². The molecule has 1 aliphatic rings. The molecule has 0 N–H and O–H groups in total. The van der Waals surface area contributed by atoms with Crippen LogP contribution in [0.4, 0.5) is 0 Å². The Kier molecular flexibility index (Phi) is 4.20. The van der Waals surface area contributed by atoms with Crippen LogP contribution in [0.2, 0.25) is 0 Å². The molecular formula is C14H19N7O2. The van der Waals surface area contributed by atoms with Gasteiger partial charge in [0.1, 0.15) is 0 Å². The van der Waals surface area contributed by atoms with Gasteiger partial charge in [0.05, 0.1) is 25.4 Å². The van der Waals surface area contributed by atoms with Crippen LogP contribution in [0.25, 0.3) is 0 Å². The number of aromatic nitrogens is 5. The number of hydrogen-bond acceptors (Lipinski definition) is 7. The van der Waals surface area contributed by atoms with Crippen molar-refractivity contribution < 1.29 is 9.53 Å². The van der Waals surface area contributed by atoms with Gasteiger partial charge in [-0.3, -0.25) is 4.79 Å². The molecule has 0 radical (unpaired) electrons. The number of ether oxygens (including phenoxy) is 1. The quantitative estimate of drug-likeness (QED) is 0.765. The zero-order valence-electron chi connectivity index (χ0n) is 13.3. The van der Waals surface area contributed by atoms with Crippen molar-refractivity contribution in [2.75, 3.05) is 34.3 Å². The van der Waals surface area contributed by atoms with Gasteiger partial charge in [-0.05, 0) is 20.2 Å². The SMILES string of the molecule is COc1ccc(C(=O)N2C[C@@H](N(C)C)[C@@H](n3ccnn3)C2)nn1. The summed E-state index contributed by atoms with van der Waals surface area (Å²) in [6.45, 7) is 1.16. The maximum absolute atomic E-state index is 12.6. The first-order chi connectivity index (χ1) is 11.1. The van der Waals surface area contributed by atoms with E-state index in [-0.39, 0.29) is 18.0 Å². The topological polar surface area (TPSA) is 89.3 Å². The summed E-state index contributed by atoms with van der Waals surface area (Å²) in [4.78, 5) is 16.5. The monoisotopic (exact) mass is 317 g/mol. The van der Waals surface area contributed by atoms with Gasteiger partial charge < -0.3 is 14.5 Å². The van der Waals surface area contributed by atoms with Crippen LogP contribution in [0.5, 0.6) is 5.88 Å². The van der Waals surface area contributed by atoms with Gasteiger partial charge in [0.2, 0.25) is 5.88 Å². The third kappa shape index (κ3) is 3.00. The predicted molar refractivity (Wildman–Crippen MR) is 81.0 cm³/mol. The van der Waals surface area contributed by atoms with Crippen molar-refractivity contribution in [1.29, 1.82) is 0 Å². The largest absolute Gasteiger partial charge is 0.480 e. The van der Waals surface area contributed by atoms with E-state index < -0.39 is 0 Å². The van der Waals surface area contributed by atoms with Gasteiger partial charge in [-0.2, -0.15) is 0 Å². The van der Waals surface area contributed by atoms with Crippen molar-refractivity contribution in [2.24, 2.45) is 0 Å². The third-order valence-corrected chi connectivity index (χ3v) is 4.06. The van der Waals surface area contributed by atoms with E-state index in [0.717, 1.165) is 0 Å². The molecule has 1 amide bonds. The van der Waals surface area contributed by atoms with Crippen molar-refractivity contribution in [3.05, 3.63) is 30.2 Å². The van der Waals surface area contributed by atoms with E-state index >= 15 is 0 Å². The van der Waals surface area contributed by atoms with Gasteiger partial charge in [0, 0.05) is 25.4 Å². The molecule has 3 rings (SSSR count). The number of methoxy groups -OCH3 is 1. The zero-order valence-corrected chi connectivity index (χ0v) is 13.3. The van der Waals surface area contributed by atoms with E-state index in [4.69, 9.17) is 4.74 Å². The van der Waals surface area contributed by atoms with Gasteiger partial charge in [-0.15, -0.1) is 15.3 Å². The number of carbonyl (C=O) groups excluding carboxylic acids is 1. The maximum atomic E-state index is 12.6. The molecule has 0 unspecified atom stereocenters. The van der Waals surface area contributed by atoms with Crippen LogP contribution in [0, 0.1) is 0 Å². The van der Waals surface area contributed by atoms with E-state index in [9.17, 15) is 4.79 Å². The van der Waals surface area contributed by atoms with Gasteiger partial charge in [-0.25, -0.2) is 4.68 Å². The minimum Gasteiger partial charge on any atom is -0.480 e. The Labute approximate surface area is 133 Å². The number of nitrogens with zero attached hydrogens (tertiary/aromatic N) is 7. The molecule has 2 atom stereocenters. The van der Waals surface area contributed by atoms with E-state index in [0.29, 0.717) is 24.7 Å². The summed E-state index contributed by atoms with van der Waals surface area (Å²) < 4.78 is 6.77. The summed E-state index contributed by atoms with van der Waals surface area (Å²) in [5.41, 5.74) is 0.308. The summed E-state index contributed by atoms with van der Waals surface area (Å²) in [5.74, 6) is 0.240. The van der Waals surface area contributed by atoms with Gasteiger partial charge in [0.25, 0.3) is 5.91 Å². The maximum Gasteiger partial charge on any atom is 0.274 e. The molecule has 23 heavy (non-hydrogen) atoms. The average Bonchev–Trinajstić information content (AvgIpc) is 3.23. The smallest absolute Gasteiger partial charge is 0.274 e. The highest BCUT2D eigenvalue weighted by Crippen LogP contribution is 2.25. The average molecular weight is 317 g/mol. The van der Waals surface area contributed by atoms with Crippen molar-refractivity contribution in [3.63, 3.8) is 0 Å². The first-order valence-corrected chi connectivity index (χ1v) is 7.29. The Morgan fingerprint density at radius 1 is 1.30 bits per heavy atom. The van der Waals surface area contributed by atoms with Crippen LogP contribution in [0.1, 0.15) is 16.5 Å². The molecule has 2 aromatic heterocycles. The molecule has 0 spiro atoms. The zero-order chi connectivity index (χ0) is 16.4. The second-order valence-electron chi connectivity index (χ2n) is 5.65. The fourth-order valence-corrected chi connectivity index (χ4v) is 2.80. The Morgan fingerprint density at radius 3 is 2.70 bits per heavy atom. The van der Waals surface area contributed by atoms with Crippen LogP contribution in [0.3, 0.4) is 0 Å². The summed E-state index contributed by atoms with van der Waals surface area (Å²) in [7, 11) is 5.50. The van der Waals surface area contributed by atoms with Crippen molar-refractivity contribution in [3.8, 4) is 5.88 Å². The molecule has 1 aliphatic heterocycles. The normalized spacial score (nSPS) is 21.0. The lowest BCUT2D eigenvalue weighted by molar-refractivity contribution is 0.0773. The van der Waals surface area contributed by atoms with Crippen molar-refractivity contribution >= 4 is 5.91 Å².